The molecule has 0 aromatic carbocycles. The number of hydrogen-bond acceptors (Lipinski definition) is 4. The minimum atomic E-state index is -0.418. The highest BCUT2D eigenvalue weighted by Gasteiger charge is 2.33. The summed E-state index contributed by atoms with van der Waals surface area (Å²) in [6, 6.07) is 0.328. The minimum absolute atomic E-state index is 0.0524. The van der Waals surface area contributed by atoms with Gasteiger partial charge in [0.05, 0.1) is 18.1 Å². The van der Waals surface area contributed by atoms with Gasteiger partial charge in [-0.3, -0.25) is 9.59 Å². The number of H-pyrrole nitrogens is 1. The summed E-state index contributed by atoms with van der Waals surface area (Å²) < 4.78 is 5.08. The summed E-state index contributed by atoms with van der Waals surface area (Å²) in [5.74, 6) is -0.686. The van der Waals surface area contributed by atoms with Crippen LogP contribution in [0, 0.1) is 19.8 Å². The van der Waals surface area contributed by atoms with Crippen molar-refractivity contribution in [3.05, 3.63) is 22.5 Å². The van der Waals surface area contributed by atoms with E-state index >= 15 is 0 Å². The number of rotatable bonds is 5. The summed E-state index contributed by atoms with van der Waals surface area (Å²) in [7, 11) is 0. The molecule has 2 amide bonds. The Labute approximate surface area is 153 Å². The van der Waals surface area contributed by atoms with Gasteiger partial charge in [-0.05, 0) is 52.0 Å². The van der Waals surface area contributed by atoms with Crippen molar-refractivity contribution in [3.8, 4) is 0 Å². The van der Waals surface area contributed by atoms with Gasteiger partial charge in [0.25, 0.3) is 5.91 Å². The number of piperidine rings is 1. The van der Waals surface area contributed by atoms with E-state index in [1.165, 1.54) is 0 Å². The highest BCUT2D eigenvalue weighted by atomic mass is 16.5. The van der Waals surface area contributed by atoms with Crippen LogP contribution in [0.15, 0.2) is 0 Å². The van der Waals surface area contributed by atoms with Gasteiger partial charge >= 0.3 is 5.97 Å². The first-order valence-electron chi connectivity index (χ1n) is 9.38. The predicted octanol–water partition coefficient (Wildman–Crippen LogP) is 1.94. The molecule has 2 aliphatic rings. The van der Waals surface area contributed by atoms with Crippen molar-refractivity contribution in [2.24, 2.45) is 5.92 Å². The van der Waals surface area contributed by atoms with Crippen molar-refractivity contribution < 1.29 is 19.1 Å². The molecule has 2 heterocycles. The van der Waals surface area contributed by atoms with Crippen LogP contribution >= 0.6 is 0 Å². The zero-order chi connectivity index (χ0) is 18.8. The maximum absolute atomic E-state index is 13.0. The molecule has 1 atom stereocenters. The van der Waals surface area contributed by atoms with E-state index in [0.717, 1.165) is 25.7 Å². The second-order valence-electron chi connectivity index (χ2n) is 7.22. The molecule has 2 N–H and O–H groups in total. The van der Waals surface area contributed by atoms with Gasteiger partial charge in [0, 0.05) is 24.8 Å². The zero-order valence-corrected chi connectivity index (χ0v) is 15.7. The maximum Gasteiger partial charge on any atom is 0.340 e. The Hall–Kier alpha value is -2.31. The second kappa shape index (κ2) is 7.51. The van der Waals surface area contributed by atoms with Crippen LogP contribution in [0.25, 0.3) is 0 Å². The molecule has 1 aromatic rings. The summed E-state index contributed by atoms with van der Waals surface area (Å²) >= 11 is 0. The van der Waals surface area contributed by atoms with Gasteiger partial charge in [-0.25, -0.2) is 4.79 Å². The van der Waals surface area contributed by atoms with Crippen LogP contribution in [0.2, 0.25) is 0 Å². The monoisotopic (exact) mass is 361 g/mol. The fourth-order valence-corrected chi connectivity index (χ4v) is 3.55. The lowest BCUT2D eigenvalue weighted by molar-refractivity contribution is -0.126. The first-order chi connectivity index (χ1) is 12.4. The molecular weight excluding hydrogens is 334 g/mol. The van der Waals surface area contributed by atoms with Gasteiger partial charge in [-0.15, -0.1) is 0 Å². The molecule has 1 aliphatic carbocycles. The first kappa shape index (κ1) is 18.5. The van der Waals surface area contributed by atoms with Crippen LogP contribution in [0.3, 0.4) is 0 Å². The number of aryl methyl sites for hydroxylation is 1. The van der Waals surface area contributed by atoms with Crippen molar-refractivity contribution in [3.63, 3.8) is 0 Å². The van der Waals surface area contributed by atoms with E-state index in [9.17, 15) is 14.4 Å². The van der Waals surface area contributed by atoms with Crippen LogP contribution < -0.4 is 5.32 Å². The number of nitrogens with one attached hydrogen (secondary N) is 2. The lowest BCUT2D eigenvalue weighted by Gasteiger charge is -2.32. The quantitative estimate of drug-likeness (QED) is 0.784. The Bertz CT molecular complexity index is 721. The Kier molecular flexibility index (Phi) is 5.34. The summed E-state index contributed by atoms with van der Waals surface area (Å²) in [5, 5.41) is 3.03. The van der Waals surface area contributed by atoms with Crippen LogP contribution in [0.1, 0.15) is 64.7 Å². The number of ether oxygens (including phenoxy) is 1. The average molecular weight is 361 g/mol. The van der Waals surface area contributed by atoms with E-state index in [0.29, 0.717) is 41.6 Å². The number of carbonyl (C=O) groups excluding carboxylic acids is 3. The Morgan fingerprint density at radius 3 is 2.62 bits per heavy atom. The number of aromatic nitrogens is 1. The maximum atomic E-state index is 13.0. The van der Waals surface area contributed by atoms with Crippen molar-refractivity contribution in [1.29, 1.82) is 0 Å². The smallest absolute Gasteiger partial charge is 0.340 e. The molecule has 1 saturated carbocycles. The molecule has 3 rings (SSSR count). The summed E-state index contributed by atoms with van der Waals surface area (Å²) in [6.45, 7) is 6.60. The molecular formula is C19H27N3O4. The normalized spacial score (nSPS) is 20.0. The fourth-order valence-electron chi connectivity index (χ4n) is 3.55. The fraction of sp³-hybridized carbons (Fsp3) is 0.632. The largest absolute Gasteiger partial charge is 0.462 e. The SMILES string of the molecule is CCOC(=O)c1c(C)[nH]c(C(=O)N2CCCC(C(=O)NC3CC3)C2)c1C. The van der Waals surface area contributed by atoms with Gasteiger partial charge in [0.15, 0.2) is 0 Å². The van der Waals surface area contributed by atoms with Gasteiger partial charge in [0.2, 0.25) is 5.91 Å². The molecule has 26 heavy (non-hydrogen) atoms. The Morgan fingerprint density at radius 2 is 1.96 bits per heavy atom. The minimum Gasteiger partial charge on any atom is -0.462 e. The third-order valence-electron chi connectivity index (χ3n) is 5.13. The van der Waals surface area contributed by atoms with Crippen LogP contribution in [0.5, 0.6) is 0 Å². The molecule has 0 spiro atoms. The third kappa shape index (κ3) is 3.76. The number of esters is 1. The molecule has 142 valence electrons. The summed E-state index contributed by atoms with van der Waals surface area (Å²) in [5.41, 5.74) is 2.07. The van der Waals surface area contributed by atoms with Crippen molar-refractivity contribution in [2.45, 2.75) is 52.5 Å². The Morgan fingerprint density at radius 1 is 1.23 bits per heavy atom. The molecule has 1 aliphatic heterocycles. The van der Waals surface area contributed by atoms with Crippen molar-refractivity contribution in [1.82, 2.24) is 15.2 Å². The molecule has 0 radical (unpaired) electrons. The summed E-state index contributed by atoms with van der Waals surface area (Å²) in [6.07, 6.45) is 3.72. The van der Waals surface area contributed by atoms with E-state index in [2.05, 4.69) is 10.3 Å². The van der Waals surface area contributed by atoms with E-state index in [-0.39, 0.29) is 24.3 Å². The van der Waals surface area contributed by atoms with Gasteiger partial charge in [-0.2, -0.15) is 0 Å². The molecule has 1 aromatic heterocycles. The molecule has 7 heteroatoms. The van der Waals surface area contributed by atoms with Crippen LogP contribution in [-0.4, -0.2) is 53.4 Å². The standard InChI is InChI=1S/C19H27N3O4/c1-4-26-19(25)15-11(2)16(20-12(15)3)18(24)22-9-5-6-13(10-22)17(23)21-14-7-8-14/h13-14,20H,4-10H2,1-3H3,(H,21,23). The Balaban J connectivity index is 1.73. The second-order valence-corrected chi connectivity index (χ2v) is 7.22. The van der Waals surface area contributed by atoms with Crippen molar-refractivity contribution >= 4 is 17.8 Å². The first-order valence-corrected chi connectivity index (χ1v) is 9.38. The molecule has 2 fully saturated rings. The number of hydrogen-bond donors (Lipinski definition) is 2. The lowest BCUT2D eigenvalue weighted by atomic mass is 9.96. The topological polar surface area (TPSA) is 91.5 Å². The molecule has 7 nitrogen and oxygen atoms in total. The van der Waals surface area contributed by atoms with E-state index in [1.807, 2.05) is 0 Å². The number of amides is 2. The average Bonchev–Trinajstić information content (AvgIpc) is 3.38. The summed E-state index contributed by atoms with van der Waals surface area (Å²) in [4.78, 5) is 42.2. The van der Waals surface area contributed by atoms with Gasteiger partial charge < -0.3 is 19.9 Å². The number of nitrogens with zero attached hydrogens (tertiary/aromatic N) is 1. The zero-order valence-electron chi connectivity index (χ0n) is 15.7. The van der Waals surface area contributed by atoms with Crippen LogP contribution in [-0.2, 0) is 9.53 Å². The third-order valence-corrected chi connectivity index (χ3v) is 5.13. The number of carbonyl (C=O) groups is 3. The van der Waals surface area contributed by atoms with Crippen molar-refractivity contribution in [2.75, 3.05) is 19.7 Å². The highest BCUT2D eigenvalue weighted by molar-refractivity contribution is 6.00. The number of likely N-dealkylation sites (tertiary alicyclic amines) is 1. The highest BCUT2D eigenvalue weighted by Crippen LogP contribution is 2.25. The molecule has 1 saturated heterocycles. The lowest BCUT2D eigenvalue weighted by Crippen LogP contribution is -2.46. The van der Waals surface area contributed by atoms with Gasteiger partial charge in [0.1, 0.15) is 5.69 Å². The van der Waals surface area contributed by atoms with E-state index in [1.54, 1.807) is 25.7 Å². The van der Waals surface area contributed by atoms with Gasteiger partial charge in [-0.1, -0.05) is 0 Å². The van der Waals surface area contributed by atoms with Crippen LogP contribution in [0.4, 0.5) is 0 Å². The predicted molar refractivity (Wildman–Crippen MR) is 96.0 cm³/mol. The van der Waals surface area contributed by atoms with E-state index in [4.69, 9.17) is 4.74 Å². The number of aromatic amines is 1. The van der Waals surface area contributed by atoms with E-state index < -0.39 is 5.97 Å². The molecule has 0 bridgehead atoms. The molecule has 1 unspecified atom stereocenters.